The first kappa shape index (κ1) is 16.1. The number of fused-ring (bicyclic) bond motifs is 1. The fourth-order valence-corrected chi connectivity index (χ4v) is 2.92. The van der Waals surface area contributed by atoms with Crippen LogP contribution in [0.2, 0.25) is 0 Å². The zero-order chi connectivity index (χ0) is 17.3. The maximum Gasteiger partial charge on any atom is 0.332 e. The number of pyridine rings is 1. The van der Waals surface area contributed by atoms with E-state index >= 15 is 0 Å². The van der Waals surface area contributed by atoms with Gasteiger partial charge in [-0.15, -0.1) is 3.89 Å². The number of imidazole rings is 1. The minimum Gasteiger partial charge on any atom is -0.337 e. The summed E-state index contributed by atoms with van der Waals surface area (Å²) in [5.74, 6) is -0.397. The predicted molar refractivity (Wildman–Crippen MR) is 85.7 cm³/mol. The lowest BCUT2D eigenvalue weighted by molar-refractivity contribution is 0.0784. The van der Waals surface area contributed by atoms with E-state index in [-0.39, 0.29) is 5.56 Å². The molecule has 0 aliphatic carbocycles. The molecule has 3 rings (SSSR count). The summed E-state index contributed by atoms with van der Waals surface area (Å²) in [7, 11) is -3.25. The molecular formula is C16H14FN3O3S. The standard InChI is InChI=1S/C16H14FN3O3S/c1-19(10-12-5-6-15-18-7-8-20(15)11-12)16(21)13-3-2-4-14(9-13)24(17,22)23/h2-9,11H,10H2,1H3. The molecule has 1 amide bonds. The Kier molecular flexibility index (Phi) is 4.06. The number of carbonyl (C=O) groups is 1. The van der Waals surface area contributed by atoms with Crippen molar-refractivity contribution < 1.29 is 17.1 Å². The van der Waals surface area contributed by atoms with Crippen molar-refractivity contribution in [2.24, 2.45) is 0 Å². The summed E-state index contributed by atoms with van der Waals surface area (Å²) in [6.45, 7) is 0.319. The lowest BCUT2D eigenvalue weighted by atomic mass is 10.2. The molecule has 0 unspecified atom stereocenters. The van der Waals surface area contributed by atoms with Crippen molar-refractivity contribution >= 4 is 21.8 Å². The smallest absolute Gasteiger partial charge is 0.332 e. The Morgan fingerprint density at radius 3 is 2.83 bits per heavy atom. The number of hydrogen-bond donors (Lipinski definition) is 0. The van der Waals surface area contributed by atoms with Gasteiger partial charge in [-0.05, 0) is 29.8 Å². The molecule has 0 atom stereocenters. The van der Waals surface area contributed by atoms with Crippen LogP contribution in [0.1, 0.15) is 15.9 Å². The van der Waals surface area contributed by atoms with Crippen LogP contribution >= 0.6 is 0 Å². The van der Waals surface area contributed by atoms with Crippen LogP contribution in [-0.4, -0.2) is 35.7 Å². The van der Waals surface area contributed by atoms with Crippen LogP contribution in [-0.2, 0) is 16.8 Å². The minimum atomic E-state index is -4.84. The highest BCUT2D eigenvalue weighted by molar-refractivity contribution is 7.86. The minimum absolute atomic E-state index is 0.111. The summed E-state index contributed by atoms with van der Waals surface area (Å²) in [5.41, 5.74) is 1.79. The Hall–Kier alpha value is -2.74. The van der Waals surface area contributed by atoms with E-state index in [1.54, 1.807) is 19.4 Å². The fraction of sp³-hybridized carbons (Fsp3) is 0.125. The zero-order valence-electron chi connectivity index (χ0n) is 12.8. The van der Waals surface area contributed by atoms with Crippen LogP contribution in [0, 0.1) is 0 Å². The largest absolute Gasteiger partial charge is 0.337 e. The van der Waals surface area contributed by atoms with Crippen molar-refractivity contribution in [1.82, 2.24) is 14.3 Å². The Morgan fingerprint density at radius 1 is 1.29 bits per heavy atom. The molecule has 0 saturated carbocycles. The van der Waals surface area contributed by atoms with Gasteiger partial charge in [-0.2, -0.15) is 8.42 Å². The van der Waals surface area contributed by atoms with Gasteiger partial charge in [0.25, 0.3) is 5.91 Å². The molecule has 24 heavy (non-hydrogen) atoms. The Morgan fingerprint density at radius 2 is 2.08 bits per heavy atom. The van der Waals surface area contributed by atoms with Crippen LogP contribution in [0.3, 0.4) is 0 Å². The highest BCUT2D eigenvalue weighted by Crippen LogP contribution is 2.16. The fourth-order valence-electron chi connectivity index (χ4n) is 2.41. The third-order valence-corrected chi connectivity index (χ3v) is 4.40. The molecule has 2 heterocycles. The molecule has 0 saturated heterocycles. The van der Waals surface area contributed by atoms with Crippen molar-refractivity contribution in [1.29, 1.82) is 0 Å². The molecule has 0 N–H and O–H groups in total. The van der Waals surface area contributed by atoms with Gasteiger partial charge in [0, 0.05) is 37.7 Å². The molecule has 0 aliphatic heterocycles. The van der Waals surface area contributed by atoms with E-state index in [9.17, 15) is 17.1 Å². The highest BCUT2D eigenvalue weighted by atomic mass is 32.3. The SMILES string of the molecule is CN(Cc1ccc2nccn2c1)C(=O)c1cccc(S(=O)(=O)F)c1. The van der Waals surface area contributed by atoms with Gasteiger partial charge < -0.3 is 9.30 Å². The highest BCUT2D eigenvalue weighted by Gasteiger charge is 2.17. The third kappa shape index (κ3) is 3.28. The number of halogens is 1. The Balaban J connectivity index is 1.81. The Bertz CT molecular complexity index is 1010. The second-order valence-electron chi connectivity index (χ2n) is 5.36. The summed E-state index contributed by atoms with van der Waals surface area (Å²) in [4.78, 5) is 17.5. The second kappa shape index (κ2) is 6.04. The average Bonchev–Trinajstić information content (AvgIpc) is 3.01. The maximum absolute atomic E-state index is 13.1. The third-order valence-electron chi connectivity index (χ3n) is 3.58. The Labute approximate surface area is 138 Å². The van der Waals surface area contributed by atoms with Crippen LogP contribution in [0.4, 0.5) is 3.89 Å². The first-order valence-electron chi connectivity index (χ1n) is 7.06. The van der Waals surface area contributed by atoms with Gasteiger partial charge in [-0.3, -0.25) is 4.79 Å². The normalized spacial score (nSPS) is 11.6. The number of hydrogen-bond acceptors (Lipinski definition) is 4. The van der Waals surface area contributed by atoms with Crippen molar-refractivity contribution in [3.8, 4) is 0 Å². The van der Waals surface area contributed by atoms with Gasteiger partial charge in [0.2, 0.25) is 0 Å². The molecule has 8 heteroatoms. The summed E-state index contributed by atoms with van der Waals surface area (Å²) in [6, 6.07) is 8.63. The van der Waals surface area contributed by atoms with Crippen molar-refractivity contribution in [2.75, 3.05) is 7.05 Å². The van der Waals surface area contributed by atoms with E-state index in [0.29, 0.717) is 6.54 Å². The van der Waals surface area contributed by atoms with Crippen molar-refractivity contribution in [3.05, 3.63) is 66.1 Å². The van der Waals surface area contributed by atoms with Gasteiger partial charge in [-0.1, -0.05) is 12.1 Å². The molecule has 0 fully saturated rings. The van der Waals surface area contributed by atoms with E-state index in [2.05, 4.69) is 4.98 Å². The molecule has 6 nitrogen and oxygen atoms in total. The number of rotatable bonds is 4. The molecule has 124 valence electrons. The summed E-state index contributed by atoms with van der Waals surface area (Å²) >= 11 is 0. The van der Waals surface area contributed by atoms with Crippen LogP contribution in [0.15, 0.2) is 59.9 Å². The molecule has 0 aliphatic rings. The first-order chi connectivity index (χ1) is 11.3. The quantitative estimate of drug-likeness (QED) is 0.679. The van der Waals surface area contributed by atoms with Crippen LogP contribution in [0.5, 0.6) is 0 Å². The molecule has 0 radical (unpaired) electrons. The number of nitrogens with zero attached hydrogens (tertiary/aromatic N) is 3. The monoisotopic (exact) mass is 347 g/mol. The molecule has 2 aromatic heterocycles. The maximum atomic E-state index is 13.1. The first-order valence-corrected chi connectivity index (χ1v) is 8.45. The molecule has 3 aromatic rings. The van der Waals surface area contributed by atoms with Gasteiger partial charge in [0.1, 0.15) is 5.65 Å². The summed E-state index contributed by atoms with van der Waals surface area (Å²) in [6.07, 6.45) is 5.33. The van der Waals surface area contributed by atoms with E-state index in [0.717, 1.165) is 23.3 Å². The van der Waals surface area contributed by atoms with E-state index in [1.807, 2.05) is 22.7 Å². The summed E-state index contributed by atoms with van der Waals surface area (Å²) < 4.78 is 36.8. The van der Waals surface area contributed by atoms with Crippen LogP contribution < -0.4 is 0 Å². The van der Waals surface area contributed by atoms with Gasteiger partial charge in [0.05, 0.1) is 4.90 Å². The number of carbonyl (C=O) groups excluding carboxylic acids is 1. The van der Waals surface area contributed by atoms with Crippen molar-refractivity contribution in [3.63, 3.8) is 0 Å². The molecule has 0 spiro atoms. The average molecular weight is 347 g/mol. The van der Waals surface area contributed by atoms with Crippen LogP contribution in [0.25, 0.3) is 5.65 Å². The molecular weight excluding hydrogens is 333 g/mol. The second-order valence-corrected chi connectivity index (χ2v) is 6.70. The van der Waals surface area contributed by atoms with Crippen molar-refractivity contribution in [2.45, 2.75) is 11.4 Å². The van der Waals surface area contributed by atoms with Gasteiger partial charge >= 0.3 is 10.2 Å². The lowest BCUT2D eigenvalue weighted by Crippen LogP contribution is -2.26. The topological polar surface area (TPSA) is 71.8 Å². The predicted octanol–water partition coefficient (Wildman–Crippen LogP) is 2.26. The molecule has 1 aromatic carbocycles. The van der Waals surface area contributed by atoms with E-state index in [4.69, 9.17) is 0 Å². The van der Waals surface area contributed by atoms with Gasteiger partial charge in [0.15, 0.2) is 0 Å². The number of benzene rings is 1. The molecule has 0 bridgehead atoms. The number of aromatic nitrogens is 2. The lowest BCUT2D eigenvalue weighted by Gasteiger charge is -2.17. The van der Waals surface area contributed by atoms with E-state index < -0.39 is 21.0 Å². The zero-order valence-corrected chi connectivity index (χ0v) is 13.6. The summed E-state index contributed by atoms with van der Waals surface area (Å²) in [5, 5.41) is 0. The number of amides is 1. The van der Waals surface area contributed by atoms with E-state index in [1.165, 1.54) is 17.0 Å². The van der Waals surface area contributed by atoms with Gasteiger partial charge in [-0.25, -0.2) is 4.98 Å².